The predicted molar refractivity (Wildman–Crippen MR) is 73.8 cm³/mol. The number of phenols is 1. The molecule has 98 valence electrons. The molecular weight excluding hydrogens is 296 g/mol. The van der Waals surface area contributed by atoms with Gasteiger partial charge in [0.05, 0.1) is 5.56 Å². The average molecular weight is 313 g/mol. The highest BCUT2D eigenvalue weighted by Gasteiger charge is 2.26. The molecule has 1 fully saturated rings. The second-order valence-corrected chi connectivity index (χ2v) is 5.66. The van der Waals surface area contributed by atoms with E-state index in [1.54, 1.807) is 23.1 Å². The van der Waals surface area contributed by atoms with Crippen LogP contribution in [-0.2, 0) is 0 Å². The van der Waals surface area contributed by atoms with Crippen LogP contribution in [0.1, 0.15) is 17.3 Å². The first-order valence-electron chi connectivity index (χ1n) is 5.97. The Morgan fingerprint density at radius 2 is 2.17 bits per heavy atom. The molecule has 0 radical (unpaired) electrons. The van der Waals surface area contributed by atoms with Crippen molar-refractivity contribution in [2.24, 2.45) is 0 Å². The number of benzene rings is 1. The lowest BCUT2D eigenvalue weighted by Crippen LogP contribution is -2.52. The smallest absolute Gasteiger partial charge is 0.257 e. The quantitative estimate of drug-likeness (QED) is 0.861. The van der Waals surface area contributed by atoms with E-state index in [4.69, 9.17) is 0 Å². The van der Waals surface area contributed by atoms with Gasteiger partial charge in [-0.25, -0.2) is 0 Å². The molecule has 18 heavy (non-hydrogen) atoms. The zero-order valence-electron chi connectivity index (χ0n) is 10.6. The van der Waals surface area contributed by atoms with Crippen molar-refractivity contribution in [3.8, 4) is 5.75 Å². The van der Waals surface area contributed by atoms with Gasteiger partial charge in [0.1, 0.15) is 5.75 Å². The third kappa shape index (κ3) is 2.67. The maximum Gasteiger partial charge on any atom is 0.257 e. The van der Waals surface area contributed by atoms with E-state index in [9.17, 15) is 9.90 Å². The second-order valence-electron chi connectivity index (χ2n) is 4.74. The number of hydrogen-bond donors (Lipinski definition) is 1. The molecule has 1 aliphatic rings. The Morgan fingerprint density at radius 1 is 1.44 bits per heavy atom. The van der Waals surface area contributed by atoms with Crippen LogP contribution in [0.15, 0.2) is 22.7 Å². The molecule has 1 amide bonds. The minimum absolute atomic E-state index is 0.0287. The summed E-state index contributed by atoms with van der Waals surface area (Å²) < 4.78 is 0.767. The van der Waals surface area contributed by atoms with Crippen molar-refractivity contribution >= 4 is 21.8 Å². The van der Waals surface area contributed by atoms with Gasteiger partial charge in [0, 0.05) is 30.1 Å². The first kappa shape index (κ1) is 13.4. The summed E-state index contributed by atoms with van der Waals surface area (Å²) in [5.41, 5.74) is 0.370. The number of likely N-dealkylation sites (N-methyl/N-ethyl adjacent to an activating group) is 1. The number of halogens is 1. The molecule has 1 saturated heterocycles. The number of carbonyl (C=O) groups excluding carboxylic acids is 1. The Balaban J connectivity index is 2.16. The first-order valence-corrected chi connectivity index (χ1v) is 6.76. The van der Waals surface area contributed by atoms with E-state index < -0.39 is 0 Å². The summed E-state index contributed by atoms with van der Waals surface area (Å²) in [6, 6.07) is 5.32. The molecule has 1 aromatic carbocycles. The minimum atomic E-state index is -0.0973. The summed E-state index contributed by atoms with van der Waals surface area (Å²) in [6.45, 7) is 4.37. The number of piperazine rings is 1. The first-order chi connectivity index (χ1) is 8.49. The molecule has 0 saturated carbocycles. The van der Waals surface area contributed by atoms with Gasteiger partial charge in [0.2, 0.25) is 0 Å². The fourth-order valence-electron chi connectivity index (χ4n) is 2.09. The molecule has 0 aliphatic carbocycles. The molecule has 1 aliphatic heterocycles. The zero-order chi connectivity index (χ0) is 13.3. The third-order valence-corrected chi connectivity index (χ3v) is 3.93. The molecular formula is C13H17BrN2O2. The Hall–Kier alpha value is -1.07. The van der Waals surface area contributed by atoms with Crippen molar-refractivity contribution in [1.82, 2.24) is 9.80 Å². The van der Waals surface area contributed by atoms with Crippen LogP contribution in [0.5, 0.6) is 5.75 Å². The third-order valence-electron chi connectivity index (χ3n) is 3.44. The largest absolute Gasteiger partial charge is 0.507 e. The summed E-state index contributed by atoms with van der Waals surface area (Å²) >= 11 is 3.27. The van der Waals surface area contributed by atoms with Crippen LogP contribution in [-0.4, -0.2) is 53.5 Å². The van der Waals surface area contributed by atoms with Crippen LogP contribution in [0, 0.1) is 0 Å². The van der Waals surface area contributed by atoms with Crippen molar-refractivity contribution in [3.05, 3.63) is 28.2 Å². The van der Waals surface area contributed by atoms with E-state index in [-0.39, 0.29) is 11.7 Å². The normalized spacial score (nSPS) is 21.1. The molecule has 4 nitrogen and oxygen atoms in total. The van der Waals surface area contributed by atoms with Gasteiger partial charge >= 0.3 is 0 Å². The molecule has 5 heteroatoms. The van der Waals surface area contributed by atoms with Crippen LogP contribution in [0.2, 0.25) is 0 Å². The van der Waals surface area contributed by atoms with Gasteiger partial charge in [-0.05, 0) is 32.2 Å². The van der Waals surface area contributed by atoms with E-state index in [1.165, 1.54) is 0 Å². The Morgan fingerprint density at radius 3 is 2.78 bits per heavy atom. The molecule has 1 heterocycles. The summed E-state index contributed by atoms with van der Waals surface area (Å²) in [6.07, 6.45) is 0. The number of rotatable bonds is 1. The van der Waals surface area contributed by atoms with Gasteiger partial charge in [-0.1, -0.05) is 15.9 Å². The van der Waals surface area contributed by atoms with Crippen molar-refractivity contribution < 1.29 is 9.90 Å². The van der Waals surface area contributed by atoms with Crippen molar-refractivity contribution in [3.63, 3.8) is 0 Å². The summed E-state index contributed by atoms with van der Waals surface area (Å²) in [7, 11) is 2.06. The number of hydrogen-bond acceptors (Lipinski definition) is 3. The lowest BCUT2D eigenvalue weighted by atomic mass is 10.1. The lowest BCUT2D eigenvalue weighted by Gasteiger charge is -2.37. The molecule has 0 spiro atoms. The van der Waals surface area contributed by atoms with Gasteiger partial charge in [-0.15, -0.1) is 0 Å². The van der Waals surface area contributed by atoms with Crippen molar-refractivity contribution in [2.45, 2.75) is 13.0 Å². The second kappa shape index (κ2) is 5.28. The van der Waals surface area contributed by atoms with Crippen molar-refractivity contribution in [2.75, 3.05) is 26.7 Å². The van der Waals surface area contributed by atoms with Gasteiger partial charge < -0.3 is 14.9 Å². The van der Waals surface area contributed by atoms with Crippen molar-refractivity contribution in [1.29, 1.82) is 0 Å². The summed E-state index contributed by atoms with van der Waals surface area (Å²) in [4.78, 5) is 16.3. The predicted octanol–water partition coefficient (Wildman–Crippen LogP) is 1.93. The highest BCUT2D eigenvalue weighted by atomic mass is 79.9. The number of amides is 1. The molecule has 1 atom stereocenters. The summed E-state index contributed by atoms with van der Waals surface area (Å²) in [5, 5.41) is 9.82. The van der Waals surface area contributed by atoms with Gasteiger partial charge in [0.15, 0.2) is 0 Å². The molecule has 2 rings (SSSR count). The van der Waals surface area contributed by atoms with E-state index >= 15 is 0 Å². The number of carbonyl (C=O) groups is 1. The molecule has 0 bridgehead atoms. The zero-order valence-corrected chi connectivity index (χ0v) is 12.1. The van der Waals surface area contributed by atoms with Gasteiger partial charge in [0.25, 0.3) is 5.91 Å². The van der Waals surface area contributed by atoms with Crippen LogP contribution in [0.4, 0.5) is 0 Å². The van der Waals surface area contributed by atoms with Crippen LogP contribution in [0.25, 0.3) is 0 Å². The maximum atomic E-state index is 12.3. The Kier molecular flexibility index (Phi) is 3.92. The standard InChI is InChI=1S/C13H17BrN2O2/c1-9-8-16(6-5-15(9)2)13(18)11-4-3-10(14)7-12(11)17/h3-4,7,9,17H,5-6,8H2,1-2H3. The van der Waals surface area contributed by atoms with E-state index in [2.05, 4.69) is 34.8 Å². The average Bonchev–Trinajstić information content (AvgIpc) is 2.32. The minimum Gasteiger partial charge on any atom is -0.507 e. The fourth-order valence-corrected chi connectivity index (χ4v) is 2.44. The highest BCUT2D eigenvalue weighted by Crippen LogP contribution is 2.24. The topological polar surface area (TPSA) is 43.8 Å². The highest BCUT2D eigenvalue weighted by molar-refractivity contribution is 9.10. The van der Waals surface area contributed by atoms with E-state index in [0.29, 0.717) is 24.7 Å². The number of nitrogens with zero attached hydrogens (tertiary/aromatic N) is 2. The lowest BCUT2D eigenvalue weighted by molar-refractivity contribution is 0.0569. The van der Waals surface area contributed by atoms with Crippen LogP contribution >= 0.6 is 15.9 Å². The molecule has 0 aromatic heterocycles. The van der Waals surface area contributed by atoms with Gasteiger partial charge in [-0.3, -0.25) is 4.79 Å². The van der Waals surface area contributed by atoms with Crippen LogP contribution < -0.4 is 0 Å². The monoisotopic (exact) mass is 312 g/mol. The molecule has 1 aromatic rings. The molecule has 1 unspecified atom stereocenters. The van der Waals surface area contributed by atoms with Crippen LogP contribution in [0.3, 0.4) is 0 Å². The Bertz CT molecular complexity index is 464. The van der Waals surface area contributed by atoms with Gasteiger partial charge in [-0.2, -0.15) is 0 Å². The molecule has 1 N–H and O–H groups in total. The SMILES string of the molecule is CC1CN(C(=O)c2ccc(Br)cc2O)CCN1C. The van der Waals surface area contributed by atoms with E-state index in [1.807, 2.05) is 0 Å². The number of phenolic OH excluding ortho intramolecular Hbond substituents is 1. The maximum absolute atomic E-state index is 12.3. The number of aromatic hydroxyl groups is 1. The Labute approximate surface area is 115 Å². The van der Waals surface area contributed by atoms with E-state index in [0.717, 1.165) is 11.0 Å². The fraction of sp³-hybridized carbons (Fsp3) is 0.462. The summed E-state index contributed by atoms with van der Waals surface area (Å²) in [5.74, 6) is -0.0686.